The molecule has 29 heavy (non-hydrogen) atoms. The van der Waals surface area contributed by atoms with Crippen LogP contribution in [0.1, 0.15) is 30.4 Å². The lowest BCUT2D eigenvalue weighted by Gasteiger charge is -2.29. The molecule has 5 heteroatoms. The molecule has 0 aliphatic carbocycles. The molecule has 1 saturated heterocycles. The van der Waals surface area contributed by atoms with Gasteiger partial charge in [-0.15, -0.1) is 0 Å². The molecule has 0 spiro atoms. The molecule has 0 aromatic heterocycles. The fraction of sp³-hybridized carbons (Fsp3) is 0.292. The number of likely N-dealkylation sites (tertiary alicyclic amines) is 1. The fourth-order valence-electron chi connectivity index (χ4n) is 3.83. The minimum atomic E-state index is 0.465. The minimum absolute atomic E-state index is 0.465. The second-order valence-electron chi connectivity index (χ2n) is 7.27. The van der Waals surface area contributed by atoms with Crippen LogP contribution < -0.4 is 9.47 Å². The standard InChI is InChI=1S/C24H24BrNO2S/c1-27-22-15-19(24(29)26-12-5-2-6-13-26)14-21(25)23(22)28-16-18-10-7-9-17-8-3-4-11-20(17)18/h3-4,7-11,14-15H,2,5-6,12-13,16H2,1H3. The Labute approximate surface area is 185 Å². The van der Waals surface area contributed by atoms with Crippen LogP contribution in [0.25, 0.3) is 10.8 Å². The van der Waals surface area contributed by atoms with Crippen LogP contribution in [0.3, 0.4) is 0 Å². The van der Waals surface area contributed by atoms with Crippen molar-refractivity contribution in [2.45, 2.75) is 25.9 Å². The van der Waals surface area contributed by atoms with Crippen LogP contribution in [0.15, 0.2) is 59.1 Å². The van der Waals surface area contributed by atoms with Crippen molar-refractivity contribution >= 4 is 43.9 Å². The molecule has 1 fully saturated rings. The van der Waals surface area contributed by atoms with Gasteiger partial charge < -0.3 is 14.4 Å². The van der Waals surface area contributed by atoms with Crippen LogP contribution in [-0.2, 0) is 6.61 Å². The first-order valence-electron chi connectivity index (χ1n) is 9.93. The molecule has 3 aromatic rings. The summed E-state index contributed by atoms with van der Waals surface area (Å²) in [4.78, 5) is 3.17. The van der Waals surface area contributed by atoms with E-state index in [0.717, 1.165) is 33.7 Å². The molecule has 0 atom stereocenters. The second-order valence-corrected chi connectivity index (χ2v) is 8.51. The molecule has 4 rings (SSSR count). The van der Waals surface area contributed by atoms with Gasteiger partial charge in [0.2, 0.25) is 0 Å². The summed E-state index contributed by atoms with van der Waals surface area (Å²) in [6.45, 7) is 2.52. The highest BCUT2D eigenvalue weighted by molar-refractivity contribution is 9.10. The Morgan fingerprint density at radius 1 is 1.03 bits per heavy atom. The maximum absolute atomic E-state index is 6.20. The highest BCUT2D eigenvalue weighted by Gasteiger charge is 2.19. The lowest BCUT2D eigenvalue weighted by Crippen LogP contribution is -2.34. The predicted octanol–water partition coefficient (Wildman–Crippen LogP) is 6.35. The predicted molar refractivity (Wildman–Crippen MR) is 126 cm³/mol. The van der Waals surface area contributed by atoms with Gasteiger partial charge in [0.15, 0.2) is 11.5 Å². The number of piperidine rings is 1. The monoisotopic (exact) mass is 469 g/mol. The normalized spacial score (nSPS) is 14.1. The van der Waals surface area contributed by atoms with Crippen molar-refractivity contribution in [3.8, 4) is 11.5 Å². The van der Waals surface area contributed by atoms with Crippen molar-refractivity contribution in [1.82, 2.24) is 4.90 Å². The molecule has 3 nitrogen and oxygen atoms in total. The molecular weight excluding hydrogens is 446 g/mol. The number of thiocarbonyl (C=S) groups is 1. The van der Waals surface area contributed by atoms with Gasteiger partial charge >= 0.3 is 0 Å². The van der Waals surface area contributed by atoms with E-state index in [1.54, 1.807) is 7.11 Å². The first-order chi connectivity index (χ1) is 14.2. The highest BCUT2D eigenvalue weighted by Crippen LogP contribution is 2.38. The average Bonchev–Trinajstić information content (AvgIpc) is 2.77. The molecule has 1 aliphatic heterocycles. The van der Waals surface area contributed by atoms with E-state index < -0.39 is 0 Å². The molecular formula is C24H24BrNO2S. The van der Waals surface area contributed by atoms with Gasteiger partial charge in [0.25, 0.3) is 0 Å². The Bertz CT molecular complexity index is 1030. The number of halogens is 1. The van der Waals surface area contributed by atoms with Crippen molar-refractivity contribution in [3.63, 3.8) is 0 Å². The second kappa shape index (κ2) is 9.14. The van der Waals surface area contributed by atoms with Crippen LogP contribution >= 0.6 is 28.1 Å². The molecule has 3 aromatic carbocycles. The van der Waals surface area contributed by atoms with Gasteiger partial charge in [-0.05, 0) is 63.7 Å². The first kappa shape index (κ1) is 20.2. The van der Waals surface area contributed by atoms with Crippen molar-refractivity contribution in [2.75, 3.05) is 20.2 Å². The van der Waals surface area contributed by atoms with E-state index in [4.69, 9.17) is 21.7 Å². The molecule has 0 N–H and O–H groups in total. The van der Waals surface area contributed by atoms with Crippen LogP contribution in [0.2, 0.25) is 0 Å². The van der Waals surface area contributed by atoms with Crippen LogP contribution in [0.5, 0.6) is 11.5 Å². The maximum atomic E-state index is 6.20. The number of hydrogen-bond donors (Lipinski definition) is 0. The number of hydrogen-bond acceptors (Lipinski definition) is 3. The number of methoxy groups -OCH3 is 1. The van der Waals surface area contributed by atoms with Gasteiger partial charge in [0.05, 0.1) is 11.6 Å². The number of rotatable bonds is 5. The third kappa shape index (κ3) is 4.41. The quantitative estimate of drug-likeness (QED) is 0.405. The summed E-state index contributed by atoms with van der Waals surface area (Å²) < 4.78 is 12.7. The topological polar surface area (TPSA) is 21.7 Å². The number of nitrogens with zero attached hydrogens (tertiary/aromatic N) is 1. The summed E-state index contributed by atoms with van der Waals surface area (Å²) in [5.74, 6) is 1.39. The SMILES string of the molecule is COc1cc(C(=S)N2CCCCC2)cc(Br)c1OCc1cccc2ccccc12. The zero-order valence-electron chi connectivity index (χ0n) is 16.5. The number of fused-ring (bicyclic) bond motifs is 1. The van der Waals surface area contributed by atoms with Crippen LogP contribution in [0, 0.1) is 0 Å². The Balaban J connectivity index is 1.58. The zero-order valence-corrected chi connectivity index (χ0v) is 18.9. The number of ether oxygens (including phenoxy) is 2. The Morgan fingerprint density at radius 2 is 1.79 bits per heavy atom. The highest BCUT2D eigenvalue weighted by atomic mass is 79.9. The zero-order chi connectivity index (χ0) is 20.2. The summed E-state index contributed by atoms with van der Waals surface area (Å²) in [6.07, 6.45) is 3.68. The molecule has 0 unspecified atom stereocenters. The van der Waals surface area contributed by atoms with Crippen LogP contribution in [-0.4, -0.2) is 30.1 Å². The number of benzene rings is 3. The largest absolute Gasteiger partial charge is 0.493 e. The summed E-state index contributed by atoms with van der Waals surface area (Å²) in [7, 11) is 1.67. The summed E-state index contributed by atoms with van der Waals surface area (Å²) in [6, 6.07) is 18.7. The Hall–Kier alpha value is -2.11. The van der Waals surface area contributed by atoms with Gasteiger partial charge in [-0.25, -0.2) is 0 Å². The lowest BCUT2D eigenvalue weighted by atomic mass is 10.1. The van der Waals surface area contributed by atoms with Crippen molar-refractivity contribution in [3.05, 3.63) is 70.2 Å². The van der Waals surface area contributed by atoms with E-state index in [0.29, 0.717) is 18.1 Å². The van der Waals surface area contributed by atoms with Gasteiger partial charge in [-0.3, -0.25) is 0 Å². The Morgan fingerprint density at radius 3 is 2.59 bits per heavy atom. The average molecular weight is 470 g/mol. The van der Waals surface area contributed by atoms with Crippen molar-refractivity contribution in [1.29, 1.82) is 0 Å². The summed E-state index contributed by atoms with van der Waals surface area (Å²) in [5.41, 5.74) is 2.13. The summed E-state index contributed by atoms with van der Waals surface area (Å²) in [5, 5.41) is 2.41. The van der Waals surface area contributed by atoms with E-state index >= 15 is 0 Å². The van der Waals surface area contributed by atoms with E-state index in [1.807, 2.05) is 12.1 Å². The third-order valence-electron chi connectivity index (χ3n) is 5.37. The summed E-state index contributed by atoms with van der Waals surface area (Å²) >= 11 is 9.42. The van der Waals surface area contributed by atoms with Gasteiger partial charge in [0, 0.05) is 18.7 Å². The minimum Gasteiger partial charge on any atom is -0.493 e. The third-order valence-corrected chi connectivity index (χ3v) is 6.45. The molecule has 0 saturated carbocycles. The van der Waals surface area contributed by atoms with Gasteiger partial charge in [-0.1, -0.05) is 54.7 Å². The van der Waals surface area contributed by atoms with E-state index in [1.165, 1.54) is 30.0 Å². The molecule has 0 amide bonds. The van der Waals surface area contributed by atoms with E-state index in [9.17, 15) is 0 Å². The fourth-order valence-corrected chi connectivity index (χ4v) is 4.69. The van der Waals surface area contributed by atoms with E-state index in [-0.39, 0.29) is 0 Å². The van der Waals surface area contributed by atoms with E-state index in [2.05, 4.69) is 63.3 Å². The van der Waals surface area contributed by atoms with Crippen molar-refractivity contribution in [2.24, 2.45) is 0 Å². The van der Waals surface area contributed by atoms with Crippen LogP contribution in [0.4, 0.5) is 0 Å². The van der Waals surface area contributed by atoms with Gasteiger partial charge in [-0.2, -0.15) is 0 Å². The molecule has 0 radical (unpaired) electrons. The lowest BCUT2D eigenvalue weighted by molar-refractivity contribution is 0.283. The van der Waals surface area contributed by atoms with Crippen molar-refractivity contribution < 1.29 is 9.47 Å². The smallest absolute Gasteiger partial charge is 0.175 e. The maximum Gasteiger partial charge on any atom is 0.175 e. The Kier molecular flexibility index (Phi) is 6.36. The molecule has 1 aliphatic rings. The molecule has 1 heterocycles. The first-order valence-corrected chi connectivity index (χ1v) is 11.1. The molecule has 0 bridgehead atoms. The van der Waals surface area contributed by atoms with Gasteiger partial charge in [0.1, 0.15) is 11.6 Å². The molecule has 150 valence electrons.